The van der Waals surface area contributed by atoms with Crippen molar-refractivity contribution in [2.45, 2.75) is 25.7 Å². The van der Waals surface area contributed by atoms with Gasteiger partial charge in [0.2, 0.25) is 0 Å². The summed E-state index contributed by atoms with van der Waals surface area (Å²) in [7, 11) is 1.75. The van der Waals surface area contributed by atoms with Gasteiger partial charge in [0.05, 0.1) is 6.61 Å². The zero-order valence-corrected chi connectivity index (χ0v) is 12.6. The van der Waals surface area contributed by atoms with E-state index >= 15 is 0 Å². The molecule has 1 fully saturated rings. The number of methoxy groups -OCH3 is 1. The SMILES string of the molecule is COCCNCC1(CCc2ccsc2)CCOCC1. The van der Waals surface area contributed by atoms with Crippen LogP contribution in [0.1, 0.15) is 24.8 Å². The maximum absolute atomic E-state index is 5.54. The molecule has 3 nitrogen and oxygen atoms in total. The molecule has 0 spiro atoms. The molecule has 19 heavy (non-hydrogen) atoms. The number of thiophene rings is 1. The minimum absolute atomic E-state index is 0.411. The second kappa shape index (κ2) is 8.00. The van der Waals surface area contributed by atoms with Gasteiger partial charge in [0.1, 0.15) is 0 Å². The van der Waals surface area contributed by atoms with Crippen molar-refractivity contribution >= 4 is 11.3 Å². The highest BCUT2D eigenvalue weighted by atomic mass is 32.1. The molecule has 0 atom stereocenters. The first kappa shape index (κ1) is 15.0. The fraction of sp³-hybridized carbons (Fsp3) is 0.733. The highest BCUT2D eigenvalue weighted by molar-refractivity contribution is 7.07. The van der Waals surface area contributed by atoms with Crippen LogP contribution in [0.15, 0.2) is 16.8 Å². The molecule has 1 aliphatic heterocycles. The molecule has 1 aromatic rings. The van der Waals surface area contributed by atoms with E-state index in [1.54, 1.807) is 18.4 Å². The van der Waals surface area contributed by atoms with Gasteiger partial charge in [-0.3, -0.25) is 0 Å². The lowest BCUT2D eigenvalue weighted by Crippen LogP contribution is -2.40. The zero-order chi connectivity index (χ0) is 13.4. The lowest BCUT2D eigenvalue weighted by Gasteiger charge is -2.37. The van der Waals surface area contributed by atoms with Crippen LogP contribution >= 0.6 is 11.3 Å². The third-order valence-electron chi connectivity index (χ3n) is 4.06. The van der Waals surface area contributed by atoms with Crippen molar-refractivity contribution in [2.75, 3.05) is 40.0 Å². The van der Waals surface area contributed by atoms with Crippen LogP contribution in [0.2, 0.25) is 0 Å². The third-order valence-corrected chi connectivity index (χ3v) is 4.79. The molecule has 0 radical (unpaired) electrons. The minimum Gasteiger partial charge on any atom is -0.383 e. The van der Waals surface area contributed by atoms with E-state index in [-0.39, 0.29) is 0 Å². The molecule has 2 heterocycles. The summed E-state index contributed by atoms with van der Waals surface area (Å²) in [6.07, 6.45) is 4.80. The first-order valence-corrected chi connectivity index (χ1v) is 8.07. The third kappa shape index (κ3) is 4.88. The Kier molecular flexibility index (Phi) is 6.31. The van der Waals surface area contributed by atoms with Crippen molar-refractivity contribution in [2.24, 2.45) is 5.41 Å². The van der Waals surface area contributed by atoms with Gasteiger partial charge in [0.15, 0.2) is 0 Å². The summed E-state index contributed by atoms with van der Waals surface area (Å²) in [6.45, 7) is 4.64. The van der Waals surface area contributed by atoms with Crippen LogP contribution in [0, 0.1) is 5.41 Å². The predicted octanol–water partition coefficient (Wildman–Crippen LogP) is 2.71. The molecule has 1 aliphatic rings. The number of hydrogen-bond donors (Lipinski definition) is 1. The van der Waals surface area contributed by atoms with Gasteiger partial charge in [-0.2, -0.15) is 11.3 Å². The fourth-order valence-electron chi connectivity index (χ4n) is 2.69. The van der Waals surface area contributed by atoms with E-state index in [0.29, 0.717) is 5.41 Å². The molecular formula is C15H25NO2S. The quantitative estimate of drug-likeness (QED) is 0.744. The van der Waals surface area contributed by atoms with Crippen LogP contribution in [0.3, 0.4) is 0 Å². The van der Waals surface area contributed by atoms with Gasteiger partial charge in [-0.05, 0) is 53.5 Å². The summed E-state index contributed by atoms with van der Waals surface area (Å²) in [5.41, 5.74) is 1.89. The number of hydrogen-bond acceptors (Lipinski definition) is 4. The van der Waals surface area contributed by atoms with Crippen molar-refractivity contribution in [1.29, 1.82) is 0 Å². The first-order chi connectivity index (χ1) is 9.35. The molecule has 4 heteroatoms. The molecule has 0 bridgehead atoms. The highest BCUT2D eigenvalue weighted by Crippen LogP contribution is 2.35. The van der Waals surface area contributed by atoms with Crippen LogP contribution in [0.5, 0.6) is 0 Å². The van der Waals surface area contributed by atoms with Crippen molar-refractivity contribution < 1.29 is 9.47 Å². The van der Waals surface area contributed by atoms with Crippen LogP contribution in [-0.2, 0) is 15.9 Å². The van der Waals surface area contributed by atoms with Crippen LogP contribution in [0.4, 0.5) is 0 Å². The van der Waals surface area contributed by atoms with Gasteiger partial charge in [-0.25, -0.2) is 0 Å². The average molecular weight is 283 g/mol. The van der Waals surface area contributed by atoms with Gasteiger partial charge in [-0.1, -0.05) is 0 Å². The van der Waals surface area contributed by atoms with Gasteiger partial charge in [0, 0.05) is 33.4 Å². The van der Waals surface area contributed by atoms with E-state index < -0.39 is 0 Å². The smallest absolute Gasteiger partial charge is 0.0587 e. The highest BCUT2D eigenvalue weighted by Gasteiger charge is 2.31. The molecule has 108 valence electrons. The van der Waals surface area contributed by atoms with Gasteiger partial charge in [-0.15, -0.1) is 0 Å². The Hall–Kier alpha value is -0.420. The normalized spacial score (nSPS) is 18.6. The predicted molar refractivity (Wildman–Crippen MR) is 79.9 cm³/mol. The zero-order valence-electron chi connectivity index (χ0n) is 11.8. The molecule has 1 N–H and O–H groups in total. The molecule has 0 aromatic carbocycles. The monoisotopic (exact) mass is 283 g/mol. The number of nitrogens with one attached hydrogen (secondary N) is 1. The Balaban J connectivity index is 1.82. The Bertz CT molecular complexity index is 334. The van der Waals surface area contributed by atoms with E-state index in [1.165, 1.54) is 31.2 Å². The summed E-state index contributed by atoms with van der Waals surface area (Å²) in [6, 6.07) is 2.25. The Morgan fingerprint density at radius 3 is 2.95 bits per heavy atom. The van der Waals surface area contributed by atoms with E-state index in [0.717, 1.165) is 32.9 Å². The molecule has 0 saturated carbocycles. The summed E-state index contributed by atoms with van der Waals surface area (Å²) in [5, 5.41) is 7.99. The minimum atomic E-state index is 0.411. The summed E-state index contributed by atoms with van der Waals surface area (Å²) >= 11 is 1.79. The van der Waals surface area contributed by atoms with Crippen molar-refractivity contribution in [3.63, 3.8) is 0 Å². The number of rotatable bonds is 8. The van der Waals surface area contributed by atoms with E-state index in [2.05, 4.69) is 22.1 Å². The Morgan fingerprint density at radius 2 is 2.26 bits per heavy atom. The summed E-state index contributed by atoms with van der Waals surface area (Å²) < 4.78 is 10.6. The Morgan fingerprint density at radius 1 is 1.42 bits per heavy atom. The van der Waals surface area contributed by atoms with Crippen molar-refractivity contribution in [3.05, 3.63) is 22.4 Å². The molecule has 0 unspecified atom stereocenters. The number of ether oxygens (including phenoxy) is 2. The Labute approximate surface area is 120 Å². The lowest BCUT2D eigenvalue weighted by molar-refractivity contribution is 0.00998. The van der Waals surface area contributed by atoms with E-state index in [4.69, 9.17) is 9.47 Å². The van der Waals surface area contributed by atoms with E-state index in [1.807, 2.05) is 0 Å². The molecular weight excluding hydrogens is 258 g/mol. The van der Waals surface area contributed by atoms with Crippen molar-refractivity contribution in [1.82, 2.24) is 5.32 Å². The topological polar surface area (TPSA) is 30.5 Å². The van der Waals surface area contributed by atoms with Gasteiger partial charge in [0.25, 0.3) is 0 Å². The summed E-state index contributed by atoms with van der Waals surface area (Å²) in [4.78, 5) is 0. The van der Waals surface area contributed by atoms with Crippen LogP contribution in [0.25, 0.3) is 0 Å². The maximum Gasteiger partial charge on any atom is 0.0587 e. The van der Waals surface area contributed by atoms with Gasteiger partial charge >= 0.3 is 0 Å². The fourth-order valence-corrected chi connectivity index (χ4v) is 3.39. The summed E-state index contributed by atoms with van der Waals surface area (Å²) in [5.74, 6) is 0. The van der Waals surface area contributed by atoms with Crippen molar-refractivity contribution in [3.8, 4) is 0 Å². The maximum atomic E-state index is 5.54. The van der Waals surface area contributed by atoms with Crippen LogP contribution in [-0.4, -0.2) is 40.0 Å². The second-order valence-electron chi connectivity index (χ2n) is 5.41. The molecule has 1 saturated heterocycles. The second-order valence-corrected chi connectivity index (χ2v) is 6.19. The molecule has 1 aromatic heterocycles. The lowest BCUT2D eigenvalue weighted by atomic mass is 9.75. The molecule has 2 rings (SSSR count). The molecule has 0 aliphatic carbocycles. The first-order valence-electron chi connectivity index (χ1n) is 7.13. The number of aryl methyl sites for hydroxylation is 1. The van der Waals surface area contributed by atoms with E-state index in [9.17, 15) is 0 Å². The average Bonchev–Trinajstić information content (AvgIpc) is 2.96. The molecule has 0 amide bonds. The van der Waals surface area contributed by atoms with Crippen LogP contribution < -0.4 is 5.32 Å². The largest absolute Gasteiger partial charge is 0.383 e. The van der Waals surface area contributed by atoms with Gasteiger partial charge < -0.3 is 14.8 Å². The standard InChI is InChI=1S/C15H25NO2S/c1-17-10-7-16-13-15(5-8-18-9-6-15)4-2-14-3-11-19-12-14/h3,11-12,16H,2,4-10,13H2,1H3.